The Morgan fingerprint density at radius 1 is 1.44 bits per heavy atom. The molecule has 96 valence electrons. The minimum atomic E-state index is -3.63. The van der Waals surface area contributed by atoms with Gasteiger partial charge in [0.25, 0.3) is 15.2 Å². The van der Waals surface area contributed by atoms with Gasteiger partial charge in [-0.15, -0.1) is 0 Å². The van der Waals surface area contributed by atoms with Crippen LogP contribution in [0.4, 0.5) is 0 Å². The van der Waals surface area contributed by atoms with E-state index in [2.05, 4.69) is 6.58 Å². The molecule has 1 aliphatic heterocycles. The van der Waals surface area contributed by atoms with E-state index in [0.717, 1.165) is 9.87 Å². The smallest absolute Gasteiger partial charge is 0.274 e. The van der Waals surface area contributed by atoms with Crippen LogP contribution >= 0.6 is 12.2 Å². The van der Waals surface area contributed by atoms with Crippen molar-refractivity contribution in [3.63, 3.8) is 0 Å². The van der Waals surface area contributed by atoms with Crippen molar-refractivity contribution < 1.29 is 13.2 Å². The van der Waals surface area contributed by atoms with Crippen molar-refractivity contribution >= 4 is 27.4 Å². The van der Waals surface area contributed by atoms with Crippen LogP contribution in [0.1, 0.15) is 5.56 Å². The van der Waals surface area contributed by atoms with Crippen molar-refractivity contribution in [2.75, 3.05) is 6.54 Å². The fourth-order valence-corrected chi connectivity index (χ4v) is 3.43. The summed E-state index contributed by atoms with van der Waals surface area (Å²) in [6, 6.07) is 6.62. The highest BCUT2D eigenvalue weighted by molar-refractivity contribution is 7.91. The van der Waals surface area contributed by atoms with E-state index in [0.29, 0.717) is 0 Å². The molecule has 1 aromatic rings. The number of nitrogens with zero attached hydrogens (tertiary/aromatic N) is 1. The Morgan fingerprint density at radius 3 is 2.56 bits per heavy atom. The zero-order chi connectivity index (χ0) is 13.3. The van der Waals surface area contributed by atoms with Gasteiger partial charge in [-0.05, 0) is 37.4 Å². The number of benzene rings is 1. The van der Waals surface area contributed by atoms with Gasteiger partial charge in [-0.1, -0.05) is 24.3 Å². The molecule has 4 nitrogen and oxygen atoms in total. The Balaban J connectivity index is 2.35. The number of hydrogen-bond acceptors (Lipinski definition) is 4. The monoisotopic (exact) mass is 283 g/mol. The predicted octanol–water partition coefficient (Wildman–Crippen LogP) is 1.86. The van der Waals surface area contributed by atoms with Gasteiger partial charge in [0, 0.05) is 0 Å². The van der Waals surface area contributed by atoms with Crippen molar-refractivity contribution in [3.05, 3.63) is 42.5 Å². The first-order valence-electron chi connectivity index (χ1n) is 5.38. The van der Waals surface area contributed by atoms with Crippen molar-refractivity contribution in [3.8, 4) is 0 Å². The number of aryl methyl sites for hydroxylation is 1. The summed E-state index contributed by atoms with van der Waals surface area (Å²) in [5.74, 6) is 0. The normalized spacial score (nSPS) is 19.7. The summed E-state index contributed by atoms with van der Waals surface area (Å²) in [7, 11) is -3.63. The van der Waals surface area contributed by atoms with Gasteiger partial charge in [0.15, 0.2) is 0 Å². The number of rotatable bonds is 3. The van der Waals surface area contributed by atoms with Gasteiger partial charge < -0.3 is 4.74 Å². The topological polar surface area (TPSA) is 46.6 Å². The molecule has 1 heterocycles. The largest absolute Gasteiger partial charge is 0.461 e. The predicted molar refractivity (Wildman–Crippen MR) is 72.7 cm³/mol. The molecule has 0 unspecified atom stereocenters. The maximum absolute atomic E-state index is 12.3. The van der Waals surface area contributed by atoms with Crippen LogP contribution in [-0.4, -0.2) is 30.5 Å². The van der Waals surface area contributed by atoms with Crippen LogP contribution in [0.25, 0.3) is 0 Å². The molecule has 1 aromatic carbocycles. The van der Waals surface area contributed by atoms with Gasteiger partial charge in [0.1, 0.15) is 6.10 Å². The van der Waals surface area contributed by atoms with E-state index in [1.807, 2.05) is 6.92 Å². The molecule has 0 aromatic heterocycles. The Bertz CT molecular complexity index is 578. The first-order valence-corrected chi connectivity index (χ1v) is 7.22. The van der Waals surface area contributed by atoms with Crippen LogP contribution in [0.15, 0.2) is 41.8 Å². The molecule has 0 amide bonds. The van der Waals surface area contributed by atoms with Gasteiger partial charge >= 0.3 is 0 Å². The second-order valence-corrected chi connectivity index (χ2v) is 6.22. The lowest BCUT2D eigenvalue weighted by Gasteiger charge is -2.15. The van der Waals surface area contributed by atoms with E-state index >= 15 is 0 Å². The quantitative estimate of drug-likeness (QED) is 0.627. The molecule has 18 heavy (non-hydrogen) atoms. The standard InChI is InChI=1S/C12H13NO3S2/c1-3-10-8-13(12(17)16-10)18(14,15)11-6-4-9(2)5-7-11/h3-7,10H,1,8H2,2H3/t10-/m1/s1. The van der Waals surface area contributed by atoms with Crippen LogP contribution in [-0.2, 0) is 14.8 Å². The number of ether oxygens (including phenoxy) is 1. The summed E-state index contributed by atoms with van der Waals surface area (Å²) >= 11 is 4.93. The lowest BCUT2D eigenvalue weighted by Crippen LogP contribution is -2.32. The molecule has 0 bridgehead atoms. The van der Waals surface area contributed by atoms with Crippen molar-refractivity contribution in [1.82, 2.24) is 4.31 Å². The van der Waals surface area contributed by atoms with Gasteiger partial charge in [-0.25, -0.2) is 12.7 Å². The van der Waals surface area contributed by atoms with Crippen LogP contribution < -0.4 is 0 Å². The molecule has 1 saturated heterocycles. The van der Waals surface area contributed by atoms with Crippen molar-refractivity contribution in [1.29, 1.82) is 0 Å². The molecule has 0 N–H and O–H groups in total. The molecule has 1 fully saturated rings. The first kappa shape index (κ1) is 13.0. The Kier molecular flexibility index (Phi) is 3.41. The molecule has 0 spiro atoms. The summed E-state index contributed by atoms with van der Waals surface area (Å²) in [4.78, 5) is 0.212. The molecule has 1 atom stereocenters. The van der Waals surface area contributed by atoms with Gasteiger partial charge in [0.2, 0.25) is 0 Å². The minimum absolute atomic E-state index is 0.0273. The molecular formula is C12H13NO3S2. The zero-order valence-electron chi connectivity index (χ0n) is 9.87. The summed E-state index contributed by atoms with van der Waals surface area (Å²) in [6.07, 6.45) is 1.16. The Morgan fingerprint density at radius 2 is 2.06 bits per heavy atom. The highest BCUT2D eigenvalue weighted by atomic mass is 32.2. The van der Waals surface area contributed by atoms with E-state index in [-0.39, 0.29) is 22.7 Å². The van der Waals surface area contributed by atoms with Crippen LogP contribution in [0.5, 0.6) is 0 Å². The average Bonchev–Trinajstić information content (AvgIpc) is 2.72. The summed E-state index contributed by atoms with van der Waals surface area (Å²) in [5, 5.41) is -0.0273. The molecular weight excluding hydrogens is 270 g/mol. The molecule has 0 saturated carbocycles. The van der Waals surface area contributed by atoms with Crippen molar-refractivity contribution in [2.45, 2.75) is 17.9 Å². The fraction of sp³-hybridized carbons (Fsp3) is 0.250. The second kappa shape index (κ2) is 4.70. The highest BCUT2D eigenvalue weighted by Gasteiger charge is 2.36. The third-order valence-corrected chi connectivity index (χ3v) is 4.87. The number of hydrogen-bond donors (Lipinski definition) is 0. The van der Waals surface area contributed by atoms with Gasteiger partial charge in [-0.2, -0.15) is 0 Å². The van der Waals surface area contributed by atoms with E-state index in [4.69, 9.17) is 17.0 Å². The first-order chi connectivity index (χ1) is 8.45. The summed E-state index contributed by atoms with van der Waals surface area (Å²) < 4.78 is 31.0. The Labute approximate surface area is 112 Å². The van der Waals surface area contributed by atoms with Crippen LogP contribution in [0.2, 0.25) is 0 Å². The molecule has 6 heteroatoms. The molecule has 1 aliphatic rings. The summed E-state index contributed by atoms with van der Waals surface area (Å²) in [6.45, 7) is 5.65. The van der Waals surface area contributed by atoms with E-state index in [1.165, 1.54) is 6.08 Å². The lowest BCUT2D eigenvalue weighted by molar-refractivity contribution is 0.287. The maximum Gasteiger partial charge on any atom is 0.274 e. The zero-order valence-corrected chi connectivity index (χ0v) is 11.5. The number of sulfonamides is 1. The highest BCUT2D eigenvalue weighted by Crippen LogP contribution is 2.22. The molecule has 2 rings (SSSR count). The van der Waals surface area contributed by atoms with E-state index < -0.39 is 10.0 Å². The fourth-order valence-electron chi connectivity index (χ4n) is 1.62. The molecule has 0 aliphatic carbocycles. The van der Waals surface area contributed by atoms with Gasteiger partial charge in [-0.3, -0.25) is 0 Å². The van der Waals surface area contributed by atoms with Crippen LogP contribution in [0, 0.1) is 6.92 Å². The second-order valence-electron chi connectivity index (χ2n) is 4.01. The third kappa shape index (κ3) is 2.26. The average molecular weight is 283 g/mol. The van der Waals surface area contributed by atoms with E-state index in [1.54, 1.807) is 24.3 Å². The molecule has 0 radical (unpaired) electrons. The SMILES string of the molecule is C=C[C@@H]1CN(S(=O)(=O)c2ccc(C)cc2)C(=S)O1. The Hall–Kier alpha value is -1.40. The van der Waals surface area contributed by atoms with Crippen LogP contribution in [0.3, 0.4) is 0 Å². The lowest BCUT2D eigenvalue weighted by atomic mass is 10.2. The van der Waals surface area contributed by atoms with Gasteiger partial charge in [0.05, 0.1) is 11.4 Å². The maximum atomic E-state index is 12.3. The van der Waals surface area contributed by atoms with E-state index in [9.17, 15) is 8.42 Å². The third-order valence-electron chi connectivity index (χ3n) is 2.67. The number of thiocarbonyl (C=S) groups is 1. The minimum Gasteiger partial charge on any atom is -0.461 e. The summed E-state index contributed by atoms with van der Waals surface area (Å²) in [5.41, 5.74) is 0.998. The van der Waals surface area contributed by atoms with Crippen molar-refractivity contribution in [2.24, 2.45) is 0 Å².